The Labute approximate surface area is 120 Å². The Balaban J connectivity index is 1.75. The van der Waals surface area contributed by atoms with Crippen LogP contribution in [0.15, 0.2) is 11.6 Å². The molecule has 1 atom stereocenters. The Morgan fingerprint density at radius 1 is 0.947 bits per heavy atom. The topological polar surface area (TPSA) is 9.23 Å². The summed E-state index contributed by atoms with van der Waals surface area (Å²) >= 11 is 0. The Kier molecular flexibility index (Phi) is 10.2. The number of hydrogen-bond donors (Lipinski definition) is 0. The van der Waals surface area contributed by atoms with E-state index in [2.05, 4.69) is 19.9 Å². The molecule has 0 heterocycles. The van der Waals surface area contributed by atoms with Gasteiger partial charge >= 0.3 is 0 Å². The van der Waals surface area contributed by atoms with Gasteiger partial charge in [-0.05, 0) is 31.8 Å². The van der Waals surface area contributed by atoms with Crippen LogP contribution in [-0.2, 0) is 4.74 Å². The average Bonchev–Trinajstić information content (AvgIpc) is 2.82. The van der Waals surface area contributed by atoms with Crippen LogP contribution in [0.3, 0.4) is 0 Å². The monoisotopic (exact) mass is 266 g/mol. The molecule has 1 aliphatic rings. The van der Waals surface area contributed by atoms with Gasteiger partial charge in [0.2, 0.25) is 0 Å². The van der Waals surface area contributed by atoms with Crippen LogP contribution in [0.2, 0.25) is 0 Å². The number of hydrogen-bond acceptors (Lipinski definition) is 1. The molecule has 0 aromatic carbocycles. The van der Waals surface area contributed by atoms with Gasteiger partial charge in [-0.2, -0.15) is 0 Å². The molecule has 0 bridgehead atoms. The Morgan fingerprint density at radius 3 is 2.05 bits per heavy atom. The minimum atomic E-state index is 0.443. The van der Waals surface area contributed by atoms with Crippen molar-refractivity contribution in [3.05, 3.63) is 11.6 Å². The first-order valence-corrected chi connectivity index (χ1v) is 8.63. The first-order chi connectivity index (χ1) is 9.34. The van der Waals surface area contributed by atoms with Gasteiger partial charge < -0.3 is 4.74 Å². The number of unbranched alkanes of at least 4 members (excludes halogenated alkanes) is 9. The summed E-state index contributed by atoms with van der Waals surface area (Å²) in [6.07, 6.45) is 19.2. The van der Waals surface area contributed by atoms with Gasteiger partial charge in [-0.25, -0.2) is 0 Å². The Bertz CT molecular complexity index is 232. The quantitative estimate of drug-likeness (QED) is 0.309. The molecule has 0 saturated heterocycles. The first-order valence-electron chi connectivity index (χ1n) is 8.63. The summed E-state index contributed by atoms with van der Waals surface area (Å²) in [7, 11) is 0. The summed E-state index contributed by atoms with van der Waals surface area (Å²) in [4.78, 5) is 0. The third kappa shape index (κ3) is 8.47. The standard InChI is InChI=1S/C18H34O/c1-3-4-5-6-7-8-9-10-11-12-16-19-18-15-13-14-17(18)2/h14,18H,3-13,15-16H2,1-2H3. The lowest BCUT2D eigenvalue weighted by Crippen LogP contribution is -2.11. The second-order valence-electron chi connectivity index (χ2n) is 6.07. The highest BCUT2D eigenvalue weighted by Gasteiger charge is 2.15. The van der Waals surface area contributed by atoms with E-state index in [4.69, 9.17) is 4.74 Å². The molecule has 1 rings (SSSR count). The van der Waals surface area contributed by atoms with E-state index in [1.807, 2.05) is 0 Å². The van der Waals surface area contributed by atoms with Crippen molar-refractivity contribution >= 4 is 0 Å². The minimum Gasteiger partial charge on any atom is -0.374 e. The van der Waals surface area contributed by atoms with E-state index >= 15 is 0 Å². The molecule has 0 aliphatic heterocycles. The number of rotatable bonds is 12. The van der Waals surface area contributed by atoms with E-state index in [1.165, 1.54) is 82.6 Å². The maximum Gasteiger partial charge on any atom is 0.0785 e. The van der Waals surface area contributed by atoms with Crippen LogP contribution in [0.4, 0.5) is 0 Å². The van der Waals surface area contributed by atoms with Gasteiger partial charge in [0.05, 0.1) is 6.10 Å². The number of allylic oxidation sites excluding steroid dienone is 1. The lowest BCUT2D eigenvalue weighted by Gasteiger charge is -2.13. The summed E-state index contributed by atoms with van der Waals surface area (Å²) in [6.45, 7) is 5.45. The molecule has 0 aromatic rings. The molecule has 0 amide bonds. The number of ether oxygens (including phenoxy) is 1. The van der Waals surface area contributed by atoms with Gasteiger partial charge in [0.25, 0.3) is 0 Å². The van der Waals surface area contributed by atoms with Crippen molar-refractivity contribution in [2.75, 3.05) is 6.61 Å². The van der Waals surface area contributed by atoms with Crippen molar-refractivity contribution in [3.8, 4) is 0 Å². The van der Waals surface area contributed by atoms with Crippen molar-refractivity contribution in [1.82, 2.24) is 0 Å². The fraction of sp³-hybridized carbons (Fsp3) is 0.889. The predicted molar refractivity (Wildman–Crippen MR) is 84.6 cm³/mol. The van der Waals surface area contributed by atoms with Gasteiger partial charge in [0, 0.05) is 6.61 Å². The molecule has 1 heteroatoms. The molecule has 0 radical (unpaired) electrons. The maximum atomic E-state index is 5.92. The van der Waals surface area contributed by atoms with Crippen LogP contribution in [0.1, 0.15) is 90.9 Å². The normalized spacial score (nSPS) is 18.8. The van der Waals surface area contributed by atoms with Gasteiger partial charge in [-0.15, -0.1) is 0 Å². The molecule has 0 N–H and O–H groups in total. The minimum absolute atomic E-state index is 0.443. The highest BCUT2D eigenvalue weighted by Crippen LogP contribution is 2.21. The summed E-state index contributed by atoms with van der Waals surface area (Å²) in [6, 6.07) is 0. The molecule has 0 aromatic heterocycles. The van der Waals surface area contributed by atoms with Crippen LogP contribution < -0.4 is 0 Å². The zero-order valence-corrected chi connectivity index (χ0v) is 13.3. The maximum absolute atomic E-state index is 5.92. The van der Waals surface area contributed by atoms with E-state index < -0.39 is 0 Å². The zero-order chi connectivity index (χ0) is 13.8. The molecule has 1 nitrogen and oxygen atoms in total. The van der Waals surface area contributed by atoms with Crippen molar-refractivity contribution in [2.24, 2.45) is 0 Å². The summed E-state index contributed by atoms with van der Waals surface area (Å²) in [5, 5.41) is 0. The molecule has 1 unspecified atom stereocenters. The largest absolute Gasteiger partial charge is 0.374 e. The smallest absolute Gasteiger partial charge is 0.0785 e. The summed E-state index contributed by atoms with van der Waals surface area (Å²) < 4.78 is 5.92. The van der Waals surface area contributed by atoms with Crippen molar-refractivity contribution in [3.63, 3.8) is 0 Å². The van der Waals surface area contributed by atoms with Crippen molar-refractivity contribution < 1.29 is 4.74 Å². The predicted octanol–water partition coefficient (Wildman–Crippen LogP) is 6.03. The van der Waals surface area contributed by atoms with E-state index in [0.29, 0.717) is 6.10 Å². The third-order valence-corrected chi connectivity index (χ3v) is 4.22. The molecular formula is C18H34O. The van der Waals surface area contributed by atoms with Gasteiger partial charge in [-0.1, -0.05) is 70.8 Å². The second kappa shape index (κ2) is 11.5. The third-order valence-electron chi connectivity index (χ3n) is 4.22. The SMILES string of the molecule is CCCCCCCCCCCCOC1CCC=C1C. The molecule has 0 fully saturated rings. The van der Waals surface area contributed by atoms with Crippen LogP contribution in [-0.4, -0.2) is 12.7 Å². The molecule has 112 valence electrons. The van der Waals surface area contributed by atoms with Crippen LogP contribution in [0.25, 0.3) is 0 Å². The van der Waals surface area contributed by atoms with E-state index in [-0.39, 0.29) is 0 Å². The van der Waals surface area contributed by atoms with Crippen LogP contribution in [0.5, 0.6) is 0 Å². The van der Waals surface area contributed by atoms with Crippen molar-refractivity contribution in [1.29, 1.82) is 0 Å². The zero-order valence-electron chi connectivity index (χ0n) is 13.3. The second-order valence-corrected chi connectivity index (χ2v) is 6.07. The summed E-state index contributed by atoms with van der Waals surface area (Å²) in [5.74, 6) is 0. The van der Waals surface area contributed by atoms with E-state index in [0.717, 1.165) is 6.61 Å². The van der Waals surface area contributed by atoms with Crippen LogP contribution >= 0.6 is 0 Å². The Hall–Kier alpha value is -0.300. The van der Waals surface area contributed by atoms with Gasteiger partial charge in [0.15, 0.2) is 0 Å². The fourth-order valence-corrected chi connectivity index (χ4v) is 2.85. The fourth-order valence-electron chi connectivity index (χ4n) is 2.85. The summed E-state index contributed by atoms with van der Waals surface area (Å²) in [5.41, 5.74) is 1.45. The van der Waals surface area contributed by atoms with Gasteiger partial charge in [-0.3, -0.25) is 0 Å². The molecular weight excluding hydrogens is 232 g/mol. The lowest BCUT2D eigenvalue weighted by atomic mass is 10.1. The first kappa shape index (κ1) is 16.8. The average molecular weight is 266 g/mol. The molecule has 0 saturated carbocycles. The van der Waals surface area contributed by atoms with E-state index in [1.54, 1.807) is 0 Å². The Morgan fingerprint density at radius 2 is 1.53 bits per heavy atom. The molecule has 0 spiro atoms. The van der Waals surface area contributed by atoms with E-state index in [9.17, 15) is 0 Å². The lowest BCUT2D eigenvalue weighted by molar-refractivity contribution is 0.0750. The molecule has 1 aliphatic carbocycles. The van der Waals surface area contributed by atoms with Crippen molar-refractivity contribution in [2.45, 2.75) is 97.0 Å². The van der Waals surface area contributed by atoms with Crippen LogP contribution in [0, 0.1) is 0 Å². The molecule has 19 heavy (non-hydrogen) atoms. The highest BCUT2D eigenvalue weighted by atomic mass is 16.5. The highest BCUT2D eigenvalue weighted by molar-refractivity contribution is 5.11. The van der Waals surface area contributed by atoms with Gasteiger partial charge in [0.1, 0.15) is 0 Å².